The predicted molar refractivity (Wildman–Crippen MR) is 77.8 cm³/mol. The number of rotatable bonds is 6. The molecule has 0 aliphatic carbocycles. The fourth-order valence-electron chi connectivity index (χ4n) is 1.70. The van der Waals surface area contributed by atoms with Crippen molar-refractivity contribution in [2.75, 3.05) is 6.54 Å². The van der Waals surface area contributed by atoms with Gasteiger partial charge < -0.3 is 11.1 Å². The van der Waals surface area contributed by atoms with Crippen LogP contribution in [-0.2, 0) is 11.2 Å². The third-order valence-electron chi connectivity index (χ3n) is 3.44. The summed E-state index contributed by atoms with van der Waals surface area (Å²) in [5.41, 5.74) is 5.35. The van der Waals surface area contributed by atoms with Crippen LogP contribution in [0.25, 0.3) is 0 Å². The number of carbonyl (C=O) groups excluding carboxylic acids is 1. The van der Waals surface area contributed by atoms with E-state index in [9.17, 15) is 13.6 Å². The number of carbonyl (C=O) groups is 1. The molecule has 0 heterocycles. The van der Waals surface area contributed by atoms with E-state index in [-0.39, 0.29) is 24.4 Å². The molecule has 0 saturated carbocycles. The van der Waals surface area contributed by atoms with Crippen LogP contribution >= 0.6 is 12.4 Å². The second kappa shape index (κ2) is 8.17. The molecule has 20 heavy (non-hydrogen) atoms. The molecule has 0 fully saturated rings. The van der Waals surface area contributed by atoms with Crippen molar-refractivity contribution in [1.82, 2.24) is 5.32 Å². The summed E-state index contributed by atoms with van der Waals surface area (Å²) in [7, 11) is 0. The summed E-state index contributed by atoms with van der Waals surface area (Å²) in [6.07, 6.45) is 1.12. The molecule has 0 spiro atoms. The van der Waals surface area contributed by atoms with Gasteiger partial charge in [-0.25, -0.2) is 8.78 Å². The van der Waals surface area contributed by atoms with Gasteiger partial charge in [-0.1, -0.05) is 19.9 Å². The zero-order valence-electron chi connectivity index (χ0n) is 11.7. The molecule has 0 aliphatic heterocycles. The van der Waals surface area contributed by atoms with Crippen LogP contribution in [0.3, 0.4) is 0 Å². The summed E-state index contributed by atoms with van der Waals surface area (Å²) >= 11 is 0. The molecule has 0 aliphatic rings. The Balaban J connectivity index is 0.00000361. The van der Waals surface area contributed by atoms with E-state index in [4.69, 9.17) is 5.73 Å². The van der Waals surface area contributed by atoms with Crippen molar-refractivity contribution < 1.29 is 13.6 Å². The highest BCUT2D eigenvalue weighted by Crippen LogP contribution is 2.13. The quantitative estimate of drug-likeness (QED) is 0.848. The van der Waals surface area contributed by atoms with Gasteiger partial charge in [-0.15, -0.1) is 12.4 Å². The lowest BCUT2D eigenvalue weighted by Crippen LogP contribution is -2.49. The molecule has 0 radical (unpaired) electrons. The molecule has 0 unspecified atom stereocenters. The number of nitrogens with one attached hydrogen (secondary N) is 1. The molecule has 0 atom stereocenters. The van der Waals surface area contributed by atoms with Crippen LogP contribution in [0.2, 0.25) is 0 Å². The Morgan fingerprint density at radius 2 is 1.75 bits per heavy atom. The minimum absolute atomic E-state index is 0. The highest BCUT2D eigenvalue weighted by Gasteiger charge is 2.21. The van der Waals surface area contributed by atoms with Crippen LogP contribution in [0, 0.1) is 11.6 Å². The van der Waals surface area contributed by atoms with Gasteiger partial charge in [-0.05, 0) is 25.0 Å². The van der Waals surface area contributed by atoms with Crippen LogP contribution in [0.1, 0.15) is 32.3 Å². The van der Waals surface area contributed by atoms with Gasteiger partial charge in [0.25, 0.3) is 0 Å². The van der Waals surface area contributed by atoms with Crippen molar-refractivity contribution in [3.63, 3.8) is 0 Å². The van der Waals surface area contributed by atoms with Crippen molar-refractivity contribution in [2.45, 2.75) is 38.6 Å². The average Bonchev–Trinajstić information content (AvgIpc) is 2.40. The molecular formula is C14H21ClF2N2O. The second-order valence-electron chi connectivity index (χ2n) is 4.72. The maximum atomic E-state index is 13.4. The monoisotopic (exact) mass is 306 g/mol. The van der Waals surface area contributed by atoms with Crippen molar-refractivity contribution in [3.8, 4) is 0 Å². The Bertz CT molecular complexity index is 431. The summed E-state index contributed by atoms with van der Waals surface area (Å²) in [6, 6.07) is 3.54. The zero-order valence-corrected chi connectivity index (χ0v) is 12.5. The lowest BCUT2D eigenvalue weighted by Gasteiger charge is -2.26. The smallest absolute Gasteiger partial charge is 0.224 e. The van der Waals surface area contributed by atoms with Gasteiger partial charge in [0.1, 0.15) is 11.6 Å². The lowest BCUT2D eigenvalue weighted by molar-refractivity contribution is -0.120. The predicted octanol–water partition coefficient (Wildman–Crippen LogP) is 2.56. The molecule has 1 aromatic carbocycles. The fraction of sp³-hybridized carbons (Fsp3) is 0.500. The van der Waals surface area contributed by atoms with Gasteiger partial charge in [-0.3, -0.25) is 4.79 Å². The van der Waals surface area contributed by atoms with E-state index in [0.29, 0.717) is 6.54 Å². The van der Waals surface area contributed by atoms with E-state index in [2.05, 4.69) is 5.32 Å². The Morgan fingerprint density at radius 3 is 2.20 bits per heavy atom. The maximum absolute atomic E-state index is 13.4. The zero-order chi connectivity index (χ0) is 14.5. The summed E-state index contributed by atoms with van der Waals surface area (Å²) in [5, 5.41) is 2.63. The first-order valence-corrected chi connectivity index (χ1v) is 6.40. The molecule has 0 bridgehead atoms. The molecule has 1 amide bonds. The average molecular weight is 307 g/mol. The minimum Gasteiger partial charge on any atom is -0.354 e. The topological polar surface area (TPSA) is 55.1 Å². The Kier molecular flexibility index (Phi) is 7.68. The first-order chi connectivity index (χ1) is 8.91. The first-order valence-electron chi connectivity index (χ1n) is 6.40. The highest BCUT2D eigenvalue weighted by atomic mass is 35.5. The number of amides is 1. The minimum atomic E-state index is -0.708. The standard InChI is InChI=1S/C14H20F2N2O.ClH/c1-3-14(17,4-2)9-18-13(19)8-10-11(15)6-5-7-12(10)16;/h5-7H,3-4,8-9,17H2,1-2H3,(H,18,19);1H. The molecule has 1 rings (SSSR count). The summed E-state index contributed by atoms with van der Waals surface area (Å²) in [5.74, 6) is -1.85. The van der Waals surface area contributed by atoms with Gasteiger partial charge in [0.05, 0.1) is 6.42 Å². The second-order valence-corrected chi connectivity index (χ2v) is 4.72. The number of halogens is 3. The summed E-state index contributed by atoms with van der Waals surface area (Å²) in [6.45, 7) is 4.17. The fourth-order valence-corrected chi connectivity index (χ4v) is 1.70. The van der Waals surface area contributed by atoms with Gasteiger partial charge >= 0.3 is 0 Å². The van der Waals surface area contributed by atoms with E-state index >= 15 is 0 Å². The Labute approximate surface area is 124 Å². The first kappa shape index (κ1) is 18.8. The molecule has 0 saturated heterocycles. The van der Waals surface area contributed by atoms with E-state index in [1.165, 1.54) is 6.07 Å². The van der Waals surface area contributed by atoms with Crippen molar-refractivity contribution >= 4 is 18.3 Å². The number of hydrogen-bond donors (Lipinski definition) is 2. The van der Waals surface area contributed by atoms with E-state index in [1.54, 1.807) is 0 Å². The van der Waals surface area contributed by atoms with Crippen molar-refractivity contribution in [3.05, 3.63) is 35.4 Å². The maximum Gasteiger partial charge on any atom is 0.224 e. The molecular weight excluding hydrogens is 286 g/mol. The largest absolute Gasteiger partial charge is 0.354 e. The number of hydrogen-bond acceptors (Lipinski definition) is 2. The molecule has 0 aromatic heterocycles. The highest BCUT2D eigenvalue weighted by molar-refractivity contribution is 5.85. The van der Waals surface area contributed by atoms with Gasteiger partial charge in [0.15, 0.2) is 0 Å². The van der Waals surface area contributed by atoms with Gasteiger partial charge in [0.2, 0.25) is 5.91 Å². The van der Waals surface area contributed by atoms with Crippen LogP contribution in [-0.4, -0.2) is 18.0 Å². The Hall–Kier alpha value is -1.20. The molecule has 3 nitrogen and oxygen atoms in total. The van der Waals surface area contributed by atoms with Gasteiger partial charge in [0, 0.05) is 17.6 Å². The number of nitrogens with two attached hydrogens (primary N) is 1. The summed E-state index contributed by atoms with van der Waals surface area (Å²) < 4.78 is 26.7. The van der Waals surface area contributed by atoms with E-state index < -0.39 is 23.1 Å². The van der Waals surface area contributed by atoms with E-state index in [1.807, 2.05) is 13.8 Å². The number of benzene rings is 1. The third-order valence-corrected chi connectivity index (χ3v) is 3.44. The summed E-state index contributed by atoms with van der Waals surface area (Å²) in [4.78, 5) is 11.7. The van der Waals surface area contributed by atoms with Gasteiger partial charge in [-0.2, -0.15) is 0 Å². The third kappa shape index (κ3) is 5.06. The molecule has 3 N–H and O–H groups in total. The molecule has 114 valence electrons. The SMILES string of the molecule is CCC(N)(CC)CNC(=O)Cc1c(F)cccc1F.Cl. The molecule has 6 heteroatoms. The normalized spacial score (nSPS) is 10.8. The van der Waals surface area contributed by atoms with Crippen molar-refractivity contribution in [1.29, 1.82) is 0 Å². The van der Waals surface area contributed by atoms with Crippen LogP contribution < -0.4 is 11.1 Å². The van der Waals surface area contributed by atoms with E-state index in [0.717, 1.165) is 25.0 Å². The lowest BCUT2D eigenvalue weighted by atomic mass is 9.94. The Morgan fingerprint density at radius 1 is 1.25 bits per heavy atom. The van der Waals surface area contributed by atoms with Crippen LogP contribution in [0.5, 0.6) is 0 Å². The van der Waals surface area contributed by atoms with Crippen LogP contribution in [0.4, 0.5) is 8.78 Å². The van der Waals surface area contributed by atoms with Crippen molar-refractivity contribution in [2.24, 2.45) is 5.73 Å². The van der Waals surface area contributed by atoms with Crippen LogP contribution in [0.15, 0.2) is 18.2 Å². The molecule has 1 aromatic rings.